The third-order valence-corrected chi connectivity index (χ3v) is 6.77. The average molecular weight is 527 g/mol. The van der Waals surface area contributed by atoms with Gasteiger partial charge in [0.25, 0.3) is 0 Å². The number of aromatic nitrogens is 3. The molecule has 0 aliphatic carbocycles. The molecule has 1 aromatic heterocycles. The molecule has 1 aliphatic heterocycles. The van der Waals surface area contributed by atoms with Crippen molar-refractivity contribution in [1.29, 1.82) is 0 Å². The second-order valence-corrected chi connectivity index (χ2v) is 9.55. The number of fused-ring (bicyclic) bond motifs is 3. The Morgan fingerprint density at radius 1 is 0.800 bits per heavy atom. The summed E-state index contributed by atoms with van der Waals surface area (Å²) in [6.45, 7) is 3.77. The highest BCUT2D eigenvalue weighted by Crippen LogP contribution is 2.30. The van der Waals surface area contributed by atoms with Crippen LogP contribution < -0.4 is 10.6 Å². The van der Waals surface area contributed by atoms with Gasteiger partial charge in [-0.25, -0.2) is 4.79 Å². The molecule has 0 fully saturated rings. The Balaban J connectivity index is 1.37. The van der Waals surface area contributed by atoms with Crippen LogP contribution >= 0.6 is 0 Å². The molecular weight excluding hydrogens is 500 g/mol. The van der Waals surface area contributed by atoms with Crippen LogP contribution in [0.25, 0.3) is 5.69 Å². The molecule has 0 saturated heterocycles. The average Bonchev–Trinajstić information content (AvgIpc) is 3.31. The molecule has 2 N–H and O–H groups in total. The van der Waals surface area contributed by atoms with E-state index in [2.05, 4.69) is 20.8 Å². The lowest BCUT2D eigenvalue weighted by Gasteiger charge is -2.17. The van der Waals surface area contributed by atoms with E-state index in [9.17, 15) is 9.59 Å². The number of nitrogens with zero attached hydrogens (tertiary/aromatic N) is 4. The third kappa shape index (κ3) is 4.67. The first-order valence-electron chi connectivity index (χ1n) is 12.9. The van der Waals surface area contributed by atoms with E-state index >= 15 is 0 Å². The Hall–Kier alpha value is -5.37. The summed E-state index contributed by atoms with van der Waals surface area (Å²) >= 11 is 0. The lowest BCUT2D eigenvalue weighted by atomic mass is 10.00. The number of ketones is 1. The number of amides is 2. The number of para-hydroxylation sites is 1. The van der Waals surface area contributed by atoms with E-state index in [1.807, 2.05) is 97.3 Å². The Morgan fingerprint density at radius 2 is 1.50 bits per heavy atom. The van der Waals surface area contributed by atoms with Gasteiger partial charge in [0.1, 0.15) is 5.82 Å². The maximum absolute atomic E-state index is 13.5. The van der Waals surface area contributed by atoms with Gasteiger partial charge in [0.15, 0.2) is 17.8 Å². The zero-order valence-corrected chi connectivity index (χ0v) is 22.0. The number of carbonyl (C=O) groups excluding carboxylic acids is 2. The Kier molecular flexibility index (Phi) is 6.49. The molecule has 1 atom stereocenters. The molecule has 0 radical (unpaired) electrons. The Morgan fingerprint density at radius 3 is 2.27 bits per heavy atom. The molecule has 8 nitrogen and oxygen atoms in total. The van der Waals surface area contributed by atoms with Crippen LogP contribution in [0, 0.1) is 13.8 Å². The molecule has 0 bridgehead atoms. The van der Waals surface area contributed by atoms with Crippen molar-refractivity contribution < 1.29 is 9.59 Å². The molecule has 196 valence electrons. The molecule has 4 aromatic carbocycles. The molecule has 5 aromatic rings. The number of aliphatic imine (C=N–C) groups is 1. The molecule has 0 spiro atoms. The minimum atomic E-state index is -0.845. The lowest BCUT2D eigenvalue weighted by Crippen LogP contribution is -2.33. The predicted molar refractivity (Wildman–Crippen MR) is 154 cm³/mol. The molecule has 0 saturated carbocycles. The summed E-state index contributed by atoms with van der Waals surface area (Å²) in [5.74, 6) is 0.980. The maximum Gasteiger partial charge on any atom is 0.321 e. The van der Waals surface area contributed by atoms with Gasteiger partial charge >= 0.3 is 6.03 Å². The normalized spacial score (nSPS) is 13.8. The first-order chi connectivity index (χ1) is 19.5. The molecule has 1 aliphatic rings. The van der Waals surface area contributed by atoms with Crippen LogP contribution in [0.4, 0.5) is 10.5 Å². The van der Waals surface area contributed by atoms with Crippen molar-refractivity contribution in [3.63, 3.8) is 0 Å². The molecule has 2 heterocycles. The fourth-order valence-corrected chi connectivity index (χ4v) is 4.88. The van der Waals surface area contributed by atoms with Crippen LogP contribution in [0.15, 0.2) is 108 Å². The number of hydrogen-bond acceptors (Lipinski definition) is 5. The molecule has 8 heteroatoms. The van der Waals surface area contributed by atoms with Gasteiger partial charge in [-0.2, -0.15) is 0 Å². The number of nitrogens with one attached hydrogen (secondary N) is 2. The van der Waals surface area contributed by atoms with E-state index in [0.29, 0.717) is 28.5 Å². The van der Waals surface area contributed by atoms with E-state index in [4.69, 9.17) is 4.99 Å². The second-order valence-electron chi connectivity index (χ2n) is 9.55. The fourth-order valence-electron chi connectivity index (χ4n) is 4.88. The van der Waals surface area contributed by atoms with Gasteiger partial charge in [-0.05, 0) is 32.0 Å². The highest BCUT2D eigenvalue weighted by Gasteiger charge is 2.29. The van der Waals surface area contributed by atoms with E-state index < -0.39 is 12.2 Å². The van der Waals surface area contributed by atoms with E-state index in [1.165, 1.54) is 0 Å². The molecule has 1 unspecified atom stereocenters. The maximum atomic E-state index is 13.5. The SMILES string of the molecule is Cc1ccc(NC(=O)NC2N=C(c3ccccc3)c3ccccc3-n3c(C)nnc32)c(C(=O)c2ccccc2)c1. The number of anilines is 1. The minimum Gasteiger partial charge on any atom is -0.309 e. The van der Waals surface area contributed by atoms with Crippen LogP contribution in [-0.4, -0.2) is 32.3 Å². The van der Waals surface area contributed by atoms with Crippen molar-refractivity contribution in [1.82, 2.24) is 20.1 Å². The summed E-state index contributed by atoms with van der Waals surface area (Å²) in [4.78, 5) is 31.8. The second kappa shape index (κ2) is 10.4. The quantitative estimate of drug-likeness (QED) is 0.283. The summed E-state index contributed by atoms with van der Waals surface area (Å²) in [6, 6.07) is 31.6. The number of aryl methyl sites for hydroxylation is 2. The van der Waals surface area contributed by atoms with Gasteiger partial charge in [0.05, 0.1) is 17.1 Å². The van der Waals surface area contributed by atoms with Crippen molar-refractivity contribution >= 4 is 23.2 Å². The van der Waals surface area contributed by atoms with Crippen molar-refractivity contribution in [2.45, 2.75) is 20.0 Å². The summed E-state index contributed by atoms with van der Waals surface area (Å²) < 4.78 is 1.91. The van der Waals surface area contributed by atoms with Gasteiger partial charge in [0.2, 0.25) is 0 Å². The van der Waals surface area contributed by atoms with E-state index in [1.54, 1.807) is 24.3 Å². The largest absolute Gasteiger partial charge is 0.321 e. The zero-order chi connectivity index (χ0) is 27.6. The number of hydrogen-bond donors (Lipinski definition) is 2. The molecule has 40 heavy (non-hydrogen) atoms. The first-order valence-corrected chi connectivity index (χ1v) is 12.9. The first kappa shape index (κ1) is 24.9. The number of benzene rings is 4. The molecular formula is C32H26N6O2. The number of urea groups is 1. The summed E-state index contributed by atoms with van der Waals surface area (Å²) in [6.07, 6.45) is -0.845. The highest BCUT2D eigenvalue weighted by atomic mass is 16.2. The Labute approximate surface area is 231 Å². The van der Waals surface area contributed by atoms with Gasteiger partial charge in [-0.3, -0.25) is 14.4 Å². The van der Waals surface area contributed by atoms with Gasteiger partial charge < -0.3 is 10.6 Å². The summed E-state index contributed by atoms with van der Waals surface area (Å²) in [5.41, 5.74) is 5.67. The van der Waals surface area contributed by atoms with Crippen LogP contribution in [-0.2, 0) is 0 Å². The zero-order valence-electron chi connectivity index (χ0n) is 22.0. The molecule has 6 rings (SSSR count). The van der Waals surface area contributed by atoms with Crippen LogP contribution in [0.3, 0.4) is 0 Å². The van der Waals surface area contributed by atoms with Crippen LogP contribution in [0.2, 0.25) is 0 Å². The number of carbonyl (C=O) groups is 2. The lowest BCUT2D eigenvalue weighted by molar-refractivity contribution is 0.103. The van der Waals surface area contributed by atoms with Crippen molar-refractivity contribution in [2.24, 2.45) is 4.99 Å². The standard InChI is InChI=1S/C32H26N6O2/c1-20-17-18-26(25(19-20)29(39)23-13-7-4-8-14-23)33-32(40)35-30-31-37-36-21(2)38(31)27-16-10-9-15-24(27)28(34-30)22-11-5-3-6-12-22/h3-19,30H,1-2H3,(H2,33,35,40). The van der Waals surface area contributed by atoms with E-state index in [0.717, 1.165) is 28.1 Å². The fraction of sp³-hybridized carbons (Fsp3) is 0.0938. The Bertz CT molecular complexity index is 1760. The summed E-state index contributed by atoms with van der Waals surface area (Å²) in [7, 11) is 0. The highest BCUT2D eigenvalue weighted by molar-refractivity contribution is 6.16. The molecule has 2 amide bonds. The smallest absolute Gasteiger partial charge is 0.309 e. The third-order valence-electron chi connectivity index (χ3n) is 6.77. The van der Waals surface area contributed by atoms with Gasteiger partial charge in [-0.1, -0.05) is 90.5 Å². The van der Waals surface area contributed by atoms with Crippen molar-refractivity contribution in [3.8, 4) is 5.69 Å². The topological polar surface area (TPSA) is 101 Å². The van der Waals surface area contributed by atoms with Gasteiger partial charge in [0, 0.05) is 22.3 Å². The summed E-state index contributed by atoms with van der Waals surface area (Å²) in [5, 5.41) is 14.5. The number of rotatable bonds is 5. The van der Waals surface area contributed by atoms with E-state index in [-0.39, 0.29) is 5.78 Å². The van der Waals surface area contributed by atoms with Crippen molar-refractivity contribution in [2.75, 3.05) is 5.32 Å². The predicted octanol–water partition coefficient (Wildman–Crippen LogP) is 5.79. The van der Waals surface area contributed by atoms with Crippen LogP contribution in [0.5, 0.6) is 0 Å². The van der Waals surface area contributed by atoms with Gasteiger partial charge in [-0.15, -0.1) is 10.2 Å². The van der Waals surface area contributed by atoms with Crippen molar-refractivity contribution in [3.05, 3.63) is 143 Å². The van der Waals surface area contributed by atoms with Crippen LogP contribution in [0.1, 0.15) is 50.4 Å². The minimum absolute atomic E-state index is 0.177. The monoisotopic (exact) mass is 526 g/mol.